The first-order valence-electron chi connectivity index (χ1n) is 18.6. The lowest BCUT2D eigenvalue weighted by Crippen LogP contribution is -2.45. The summed E-state index contributed by atoms with van der Waals surface area (Å²) in [6.45, 7) is 4.23. The first-order valence-corrected chi connectivity index (χ1v) is 20.1. The van der Waals surface area contributed by atoms with Gasteiger partial charge in [0.1, 0.15) is 13.2 Å². The van der Waals surface area contributed by atoms with Gasteiger partial charge in [-0.2, -0.15) is 0 Å². The largest absolute Gasteiger partial charge is 0.756 e. The maximum atomic E-state index is 12.6. The van der Waals surface area contributed by atoms with E-state index in [0.717, 1.165) is 77.0 Å². The molecule has 2 N–H and O–H groups in total. The average molecular weight is 717 g/mol. The number of nitrogens with zero attached hydrogens (tertiary/aromatic N) is 1. The molecule has 0 aromatic heterocycles. The van der Waals surface area contributed by atoms with Crippen LogP contribution in [0.2, 0.25) is 0 Å². The van der Waals surface area contributed by atoms with Gasteiger partial charge in [-0.1, -0.05) is 124 Å². The van der Waals surface area contributed by atoms with Crippen molar-refractivity contribution in [1.29, 1.82) is 0 Å². The van der Waals surface area contributed by atoms with Crippen LogP contribution in [0.3, 0.4) is 0 Å². The maximum absolute atomic E-state index is 12.6. The number of allylic oxidation sites excluding steroid dienone is 15. The van der Waals surface area contributed by atoms with Crippen LogP contribution in [0.1, 0.15) is 104 Å². The van der Waals surface area contributed by atoms with Crippen LogP contribution in [-0.2, 0) is 18.4 Å². The number of carbonyl (C=O) groups is 1. The highest BCUT2D eigenvalue weighted by Crippen LogP contribution is 2.38. The molecule has 0 fully saturated rings. The first-order chi connectivity index (χ1) is 24.0. The molecular weight excluding hydrogens is 647 g/mol. The van der Waals surface area contributed by atoms with Gasteiger partial charge in [0.15, 0.2) is 0 Å². The molecule has 284 valence electrons. The minimum absolute atomic E-state index is 0.0159. The van der Waals surface area contributed by atoms with E-state index in [1.807, 2.05) is 34.1 Å². The molecule has 3 atom stereocenters. The smallest absolute Gasteiger partial charge is 0.268 e. The number of phosphoric acid groups is 1. The number of amides is 1. The van der Waals surface area contributed by atoms with Crippen molar-refractivity contribution in [3.05, 3.63) is 97.2 Å². The summed E-state index contributed by atoms with van der Waals surface area (Å²) in [7, 11) is 1.20. The first kappa shape index (κ1) is 47.4. The van der Waals surface area contributed by atoms with E-state index in [-0.39, 0.29) is 12.5 Å². The summed E-state index contributed by atoms with van der Waals surface area (Å²) in [4.78, 5) is 24.8. The molecule has 1 amide bonds. The number of unbranched alkanes of at least 4 members (excludes halogenated alkanes) is 4. The number of likely N-dealkylation sites (N-methyl/N-ethyl adjacent to an activating group) is 1. The molecular formula is C41H69N2O6P. The van der Waals surface area contributed by atoms with E-state index < -0.39 is 26.6 Å². The van der Waals surface area contributed by atoms with Crippen molar-refractivity contribution in [3.8, 4) is 0 Å². The SMILES string of the molecule is CC/C=C\C/C=C\C/C=C\C/C=C\C/C=C\C/C=C\C/C=C\CCCCCC(=O)NC(COP(=O)([O-])OCC[N+](C)(C)C)C(O)/C=C/CCC. The Hall–Kier alpha value is -2.58. The van der Waals surface area contributed by atoms with Gasteiger partial charge in [-0.25, -0.2) is 0 Å². The molecule has 0 saturated carbocycles. The van der Waals surface area contributed by atoms with E-state index >= 15 is 0 Å². The third-order valence-corrected chi connectivity index (χ3v) is 8.25. The molecule has 0 heterocycles. The Morgan fingerprint density at radius 3 is 1.70 bits per heavy atom. The molecule has 0 aliphatic rings. The highest BCUT2D eigenvalue weighted by Gasteiger charge is 2.23. The van der Waals surface area contributed by atoms with Crippen molar-refractivity contribution in [1.82, 2.24) is 5.32 Å². The summed E-state index contributed by atoms with van der Waals surface area (Å²) < 4.78 is 22.8. The van der Waals surface area contributed by atoms with Crippen molar-refractivity contribution < 1.29 is 32.9 Å². The number of quaternary nitrogens is 1. The average Bonchev–Trinajstić information content (AvgIpc) is 3.06. The zero-order chi connectivity index (χ0) is 37.2. The summed E-state index contributed by atoms with van der Waals surface area (Å²) in [6.07, 6.45) is 45.4. The van der Waals surface area contributed by atoms with Gasteiger partial charge in [0, 0.05) is 6.42 Å². The van der Waals surface area contributed by atoms with E-state index in [0.29, 0.717) is 23.9 Å². The van der Waals surface area contributed by atoms with E-state index in [4.69, 9.17) is 9.05 Å². The summed E-state index contributed by atoms with van der Waals surface area (Å²) in [5, 5.41) is 13.3. The fourth-order valence-corrected chi connectivity index (χ4v) is 5.03. The van der Waals surface area contributed by atoms with Gasteiger partial charge in [0.05, 0.1) is 39.9 Å². The second-order valence-corrected chi connectivity index (χ2v) is 14.6. The molecule has 0 saturated heterocycles. The lowest BCUT2D eigenvalue weighted by molar-refractivity contribution is -0.870. The molecule has 0 rings (SSSR count). The molecule has 0 aliphatic carbocycles. The lowest BCUT2D eigenvalue weighted by atomic mass is 10.1. The summed E-state index contributed by atoms with van der Waals surface area (Å²) in [5.41, 5.74) is 0. The predicted octanol–water partition coefficient (Wildman–Crippen LogP) is 8.99. The molecule has 9 heteroatoms. The Kier molecular flexibility index (Phi) is 30.7. The Bertz CT molecular complexity index is 1130. The molecule has 0 bridgehead atoms. The molecule has 0 aliphatic heterocycles. The maximum Gasteiger partial charge on any atom is 0.268 e. The topological polar surface area (TPSA) is 108 Å². The zero-order valence-corrected chi connectivity index (χ0v) is 32.7. The Balaban J connectivity index is 4.19. The van der Waals surface area contributed by atoms with Crippen molar-refractivity contribution in [2.45, 2.75) is 116 Å². The number of rotatable bonds is 31. The standard InChI is InChI=1S/C41H69N2O6P/c1-6-8-10-11-12-13-14-15-16-17-18-19-20-21-22-23-24-25-26-27-28-29-30-31-33-35-41(45)42-39(40(44)34-32-9-7-2)38-49-50(46,47)48-37-36-43(3,4)5/h8,10,12-13,15-16,18-19,21-22,24-25,27-28,32,34,39-40,44H,6-7,9,11,14,17,20,23,26,29-31,33,35-38H2,1-5H3,(H-,42,45,46,47)/b10-8-,13-12-,16-15-,19-18-,22-21-,25-24-,28-27-,34-32+. The second kappa shape index (κ2) is 32.3. The third-order valence-electron chi connectivity index (χ3n) is 7.28. The van der Waals surface area contributed by atoms with Crippen molar-refractivity contribution in [2.24, 2.45) is 0 Å². The van der Waals surface area contributed by atoms with Gasteiger partial charge in [0.2, 0.25) is 5.91 Å². The number of nitrogens with one attached hydrogen (secondary N) is 1. The number of hydrogen-bond acceptors (Lipinski definition) is 6. The van der Waals surface area contributed by atoms with Gasteiger partial charge in [-0.05, 0) is 70.6 Å². The van der Waals surface area contributed by atoms with Crippen LogP contribution < -0.4 is 10.2 Å². The molecule has 0 aromatic rings. The van der Waals surface area contributed by atoms with E-state index in [2.05, 4.69) is 97.3 Å². The van der Waals surface area contributed by atoms with Crippen LogP contribution in [0.25, 0.3) is 0 Å². The molecule has 8 nitrogen and oxygen atoms in total. The van der Waals surface area contributed by atoms with Crippen LogP contribution in [0.4, 0.5) is 0 Å². The number of carbonyl (C=O) groups excluding carboxylic acids is 1. The lowest BCUT2D eigenvalue weighted by Gasteiger charge is -2.29. The van der Waals surface area contributed by atoms with Crippen LogP contribution in [0.15, 0.2) is 97.2 Å². The van der Waals surface area contributed by atoms with Gasteiger partial charge < -0.3 is 28.8 Å². The van der Waals surface area contributed by atoms with E-state index in [9.17, 15) is 19.4 Å². The number of hydrogen-bond donors (Lipinski definition) is 2. The fourth-order valence-electron chi connectivity index (χ4n) is 4.31. The fraction of sp³-hybridized carbons (Fsp3) is 0.585. The van der Waals surface area contributed by atoms with Crippen molar-refractivity contribution in [2.75, 3.05) is 40.9 Å². The second-order valence-electron chi connectivity index (χ2n) is 13.2. The van der Waals surface area contributed by atoms with E-state index in [1.165, 1.54) is 0 Å². The molecule has 3 unspecified atom stereocenters. The highest BCUT2D eigenvalue weighted by molar-refractivity contribution is 7.45. The Morgan fingerprint density at radius 1 is 0.720 bits per heavy atom. The van der Waals surface area contributed by atoms with Gasteiger partial charge in [-0.15, -0.1) is 0 Å². The molecule has 0 spiro atoms. The van der Waals surface area contributed by atoms with Gasteiger partial charge >= 0.3 is 0 Å². The van der Waals surface area contributed by atoms with Gasteiger partial charge in [-0.3, -0.25) is 9.36 Å². The normalized spacial score (nSPS) is 15.7. The summed E-state index contributed by atoms with van der Waals surface area (Å²) in [5.74, 6) is -0.249. The number of phosphoric ester groups is 1. The minimum Gasteiger partial charge on any atom is -0.756 e. The summed E-state index contributed by atoms with van der Waals surface area (Å²) in [6, 6.07) is -0.906. The van der Waals surface area contributed by atoms with Crippen LogP contribution in [0, 0.1) is 0 Å². The minimum atomic E-state index is -4.58. The van der Waals surface area contributed by atoms with Crippen LogP contribution >= 0.6 is 7.82 Å². The highest BCUT2D eigenvalue weighted by atomic mass is 31.2. The van der Waals surface area contributed by atoms with Crippen LogP contribution in [-0.4, -0.2) is 68.5 Å². The monoisotopic (exact) mass is 716 g/mol. The number of aliphatic hydroxyl groups excluding tert-OH is 1. The predicted molar refractivity (Wildman–Crippen MR) is 209 cm³/mol. The summed E-state index contributed by atoms with van der Waals surface area (Å²) >= 11 is 0. The van der Waals surface area contributed by atoms with Crippen molar-refractivity contribution in [3.63, 3.8) is 0 Å². The van der Waals surface area contributed by atoms with Gasteiger partial charge in [0.25, 0.3) is 7.82 Å². The van der Waals surface area contributed by atoms with Crippen molar-refractivity contribution >= 4 is 13.7 Å². The van der Waals surface area contributed by atoms with Crippen LogP contribution in [0.5, 0.6) is 0 Å². The number of aliphatic hydroxyl groups is 1. The Morgan fingerprint density at radius 2 is 1.22 bits per heavy atom. The quantitative estimate of drug-likeness (QED) is 0.0321. The zero-order valence-electron chi connectivity index (χ0n) is 31.8. The molecule has 0 aromatic carbocycles. The molecule has 0 radical (unpaired) electrons. The van der Waals surface area contributed by atoms with E-state index in [1.54, 1.807) is 6.08 Å². The third kappa shape index (κ3) is 33.9. The Labute approximate surface area is 305 Å². The molecule has 50 heavy (non-hydrogen) atoms.